The first-order chi connectivity index (χ1) is 8.66. The lowest BCUT2D eigenvalue weighted by Gasteiger charge is -2.29. The van der Waals surface area contributed by atoms with E-state index in [9.17, 15) is 13.5 Å². The van der Waals surface area contributed by atoms with Crippen LogP contribution in [0.25, 0.3) is 0 Å². The van der Waals surface area contributed by atoms with Crippen LogP contribution in [0.3, 0.4) is 0 Å². The molecule has 110 valence electrons. The molecule has 0 saturated heterocycles. The molecule has 0 saturated carbocycles. The van der Waals surface area contributed by atoms with Crippen molar-refractivity contribution in [3.05, 3.63) is 11.9 Å². The number of hydrogen-bond acceptors (Lipinski definition) is 5. The van der Waals surface area contributed by atoms with E-state index in [1.54, 1.807) is 4.68 Å². The van der Waals surface area contributed by atoms with Gasteiger partial charge in [0.2, 0.25) is 0 Å². The monoisotopic (exact) mass is 290 g/mol. The van der Waals surface area contributed by atoms with E-state index in [-0.39, 0.29) is 0 Å². The molecule has 0 bridgehead atoms. The molecular formula is C12H22N2O4S. The number of nitrogens with zero attached hydrogens (tertiary/aromatic N) is 2. The first-order valence-electron chi connectivity index (χ1n) is 6.14. The number of ether oxygens (including phenoxy) is 1. The second kappa shape index (κ2) is 5.50. The molecule has 1 unspecified atom stereocenters. The number of methoxy groups -OCH3 is 1. The highest BCUT2D eigenvalue weighted by atomic mass is 32.2. The Morgan fingerprint density at radius 3 is 2.53 bits per heavy atom. The van der Waals surface area contributed by atoms with Crippen molar-refractivity contribution in [2.45, 2.75) is 44.6 Å². The molecule has 0 aliphatic carbocycles. The van der Waals surface area contributed by atoms with E-state index in [1.807, 2.05) is 6.92 Å². The summed E-state index contributed by atoms with van der Waals surface area (Å²) in [6.07, 6.45) is 2.23. The molecular weight excluding hydrogens is 268 g/mol. The molecule has 6 nitrogen and oxygen atoms in total. The molecule has 0 fully saturated rings. The molecule has 0 aliphatic rings. The van der Waals surface area contributed by atoms with Crippen LogP contribution < -0.4 is 4.74 Å². The van der Waals surface area contributed by atoms with Gasteiger partial charge in [-0.15, -0.1) is 0 Å². The number of aryl methyl sites for hydroxylation is 1. The zero-order chi connectivity index (χ0) is 14.8. The van der Waals surface area contributed by atoms with Gasteiger partial charge < -0.3 is 9.84 Å². The molecule has 0 amide bonds. The number of aromatic nitrogens is 2. The summed E-state index contributed by atoms with van der Waals surface area (Å²) in [5.41, 5.74) is 0.403. The number of aliphatic hydroxyl groups is 1. The molecule has 1 aromatic heterocycles. The summed E-state index contributed by atoms with van der Waals surface area (Å²) >= 11 is 0. The van der Waals surface area contributed by atoms with Gasteiger partial charge in [-0.05, 0) is 20.3 Å². The van der Waals surface area contributed by atoms with Gasteiger partial charge in [-0.3, -0.25) is 4.68 Å². The minimum absolute atomic E-state index is 0.401. The van der Waals surface area contributed by atoms with Crippen molar-refractivity contribution in [3.63, 3.8) is 0 Å². The molecule has 7 heteroatoms. The lowest BCUT2D eigenvalue weighted by molar-refractivity contribution is 0.125. The third-order valence-electron chi connectivity index (χ3n) is 3.37. The Bertz CT molecular complexity index is 534. The minimum atomic E-state index is -3.43. The molecule has 1 heterocycles. The Labute approximate surface area is 114 Å². The predicted molar refractivity (Wildman–Crippen MR) is 73.0 cm³/mol. The average Bonchev–Trinajstić information content (AvgIpc) is 2.69. The summed E-state index contributed by atoms with van der Waals surface area (Å²) in [6.45, 7) is 5.56. The first kappa shape index (κ1) is 16.0. The van der Waals surface area contributed by atoms with Crippen LogP contribution in [0, 0.1) is 0 Å². The summed E-state index contributed by atoms with van der Waals surface area (Å²) in [6, 6.07) is 0. The van der Waals surface area contributed by atoms with E-state index in [4.69, 9.17) is 4.74 Å². The quantitative estimate of drug-likeness (QED) is 0.850. The number of hydrogen-bond donors (Lipinski definition) is 1. The van der Waals surface area contributed by atoms with E-state index in [2.05, 4.69) is 5.10 Å². The largest absolute Gasteiger partial charge is 0.493 e. The summed E-state index contributed by atoms with van der Waals surface area (Å²) < 4.78 is 29.1. The van der Waals surface area contributed by atoms with Crippen molar-refractivity contribution in [1.82, 2.24) is 9.78 Å². The van der Waals surface area contributed by atoms with Crippen LogP contribution in [0.5, 0.6) is 5.75 Å². The van der Waals surface area contributed by atoms with E-state index >= 15 is 0 Å². The van der Waals surface area contributed by atoms with Gasteiger partial charge in [0, 0.05) is 12.8 Å². The second-order valence-corrected chi connectivity index (χ2v) is 7.70. The van der Waals surface area contributed by atoms with Crippen LogP contribution in [-0.2, 0) is 16.4 Å². The summed E-state index contributed by atoms with van der Waals surface area (Å²) in [4.78, 5) is 0. The highest BCUT2D eigenvalue weighted by Gasteiger charge is 2.42. The summed E-state index contributed by atoms with van der Waals surface area (Å²) in [7, 11) is -1.96. The van der Waals surface area contributed by atoms with Crippen molar-refractivity contribution in [3.8, 4) is 5.75 Å². The Kier molecular flexibility index (Phi) is 4.63. The highest BCUT2D eigenvalue weighted by molar-refractivity contribution is 7.92. The van der Waals surface area contributed by atoms with Crippen molar-refractivity contribution in [2.75, 3.05) is 13.4 Å². The van der Waals surface area contributed by atoms with E-state index in [0.29, 0.717) is 18.0 Å². The number of sulfone groups is 1. The third kappa shape index (κ3) is 2.92. The Balaban J connectivity index is 3.32. The molecule has 0 spiro atoms. The molecule has 0 radical (unpaired) electrons. The lowest BCUT2D eigenvalue weighted by atomic mass is 10.0. The molecule has 0 aliphatic heterocycles. The minimum Gasteiger partial charge on any atom is -0.493 e. The van der Waals surface area contributed by atoms with Gasteiger partial charge in [0.05, 0.1) is 18.1 Å². The van der Waals surface area contributed by atoms with E-state index in [1.165, 1.54) is 27.2 Å². The van der Waals surface area contributed by atoms with Crippen molar-refractivity contribution < 1.29 is 18.3 Å². The van der Waals surface area contributed by atoms with Crippen LogP contribution in [-0.4, -0.2) is 41.4 Å². The van der Waals surface area contributed by atoms with Crippen LogP contribution in [0.15, 0.2) is 6.20 Å². The van der Waals surface area contributed by atoms with Gasteiger partial charge in [0.1, 0.15) is 11.8 Å². The normalized spacial score (nSPS) is 14.4. The smallest absolute Gasteiger partial charge is 0.162 e. The van der Waals surface area contributed by atoms with Gasteiger partial charge in [-0.1, -0.05) is 6.92 Å². The molecule has 1 aromatic rings. The fourth-order valence-electron chi connectivity index (χ4n) is 1.73. The third-order valence-corrected chi connectivity index (χ3v) is 5.51. The molecule has 1 atom stereocenters. The van der Waals surface area contributed by atoms with Crippen molar-refractivity contribution >= 4 is 9.84 Å². The van der Waals surface area contributed by atoms with E-state index < -0.39 is 20.7 Å². The fourth-order valence-corrected chi connectivity index (χ4v) is 2.25. The summed E-state index contributed by atoms with van der Waals surface area (Å²) in [5, 5.41) is 14.6. The fraction of sp³-hybridized carbons (Fsp3) is 0.750. The molecule has 1 N–H and O–H groups in total. The van der Waals surface area contributed by atoms with Crippen molar-refractivity contribution in [2.24, 2.45) is 0 Å². The van der Waals surface area contributed by atoms with Gasteiger partial charge in [-0.2, -0.15) is 5.10 Å². The Hall–Kier alpha value is -1.08. The number of rotatable bonds is 6. The Morgan fingerprint density at radius 1 is 1.53 bits per heavy atom. The average molecular weight is 290 g/mol. The van der Waals surface area contributed by atoms with Gasteiger partial charge in [0.25, 0.3) is 0 Å². The standard InChI is InChI=1S/C12H22N2O4S/c1-6-7-14-10(9(18-4)8-13-14)11(15)12(2,3)19(5,16)17/h8,11,15H,6-7H2,1-5H3. The maximum Gasteiger partial charge on any atom is 0.162 e. The van der Waals surface area contributed by atoms with Gasteiger partial charge >= 0.3 is 0 Å². The van der Waals surface area contributed by atoms with Crippen molar-refractivity contribution in [1.29, 1.82) is 0 Å². The first-order valence-corrected chi connectivity index (χ1v) is 8.03. The second-order valence-electron chi connectivity index (χ2n) is 5.10. The predicted octanol–water partition coefficient (Wildman–Crippen LogP) is 1.16. The topological polar surface area (TPSA) is 81.4 Å². The maximum atomic E-state index is 11.8. The van der Waals surface area contributed by atoms with Crippen LogP contribution in [0.4, 0.5) is 0 Å². The molecule has 1 rings (SSSR count). The van der Waals surface area contributed by atoms with Gasteiger partial charge in [-0.25, -0.2) is 8.42 Å². The van der Waals surface area contributed by atoms with E-state index in [0.717, 1.165) is 12.7 Å². The zero-order valence-electron chi connectivity index (χ0n) is 12.0. The maximum absolute atomic E-state index is 11.8. The van der Waals surface area contributed by atoms with Crippen LogP contribution >= 0.6 is 0 Å². The van der Waals surface area contributed by atoms with Gasteiger partial charge in [0.15, 0.2) is 15.6 Å². The number of aliphatic hydroxyl groups excluding tert-OH is 1. The molecule has 19 heavy (non-hydrogen) atoms. The lowest BCUT2D eigenvalue weighted by Crippen LogP contribution is -2.39. The zero-order valence-corrected chi connectivity index (χ0v) is 12.9. The highest BCUT2D eigenvalue weighted by Crippen LogP contribution is 2.36. The molecule has 0 aromatic carbocycles. The Morgan fingerprint density at radius 2 is 2.11 bits per heavy atom. The summed E-state index contributed by atoms with van der Waals surface area (Å²) in [5.74, 6) is 0.401. The van der Waals surface area contributed by atoms with Crippen LogP contribution in [0.2, 0.25) is 0 Å². The SMILES string of the molecule is CCCn1ncc(OC)c1C(O)C(C)(C)S(C)(=O)=O. The van der Waals surface area contributed by atoms with Crippen LogP contribution in [0.1, 0.15) is 39.0 Å².